The van der Waals surface area contributed by atoms with E-state index in [1.807, 2.05) is 6.07 Å². The van der Waals surface area contributed by atoms with Gasteiger partial charge in [-0.05, 0) is 25.7 Å². The fourth-order valence-corrected chi connectivity index (χ4v) is 3.64. The van der Waals surface area contributed by atoms with Crippen LogP contribution in [0, 0.1) is 0 Å². The normalized spacial score (nSPS) is 22.4. The number of ether oxygens (including phenoxy) is 2. The number of fused-ring (bicyclic) bond motifs is 7. The number of alkyl carbamates (subject to hydrolysis) is 1. The lowest BCUT2D eigenvalue weighted by atomic mass is 10.0. The van der Waals surface area contributed by atoms with Gasteiger partial charge in [0.2, 0.25) is 0 Å². The first-order chi connectivity index (χ1) is 14.1. The van der Waals surface area contributed by atoms with E-state index in [0.717, 1.165) is 25.0 Å². The maximum atomic E-state index is 12.4. The van der Waals surface area contributed by atoms with Crippen LogP contribution >= 0.6 is 0 Å². The van der Waals surface area contributed by atoms with E-state index >= 15 is 0 Å². The summed E-state index contributed by atoms with van der Waals surface area (Å²) in [7, 11) is 1.53. The van der Waals surface area contributed by atoms with E-state index in [2.05, 4.69) is 31.1 Å². The summed E-state index contributed by atoms with van der Waals surface area (Å²) in [6.07, 6.45) is 2.54. The molecular weight excluding hydrogens is 376 g/mol. The predicted octanol–water partition coefficient (Wildman–Crippen LogP) is 2.05. The highest BCUT2D eigenvalue weighted by atomic mass is 16.6. The molecule has 0 spiro atoms. The molecule has 10 nitrogen and oxygen atoms in total. The molecule has 10 heteroatoms. The Balaban J connectivity index is 1.59. The van der Waals surface area contributed by atoms with Gasteiger partial charge in [0.05, 0.1) is 7.11 Å². The SMILES string of the molecule is COc1cc2nc(c1)C(=O)NCCCNC(=O)O[C@@H]1CC[C@@H](C1)c1cc(n[nH]1)N2. The van der Waals surface area contributed by atoms with Crippen molar-refractivity contribution in [3.63, 3.8) is 0 Å². The van der Waals surface area contributed by atoms with Crippen LogP contribution in [0.25, 0.3) is 0 Å². The predicted molar refractivity (Wildman–Crippen MR) is 104 cm³/mol. The summed E-state index contributed by atoms with van der Waals surface area (Å²) in [5.74, 6) is 1.50. The lowest BCUT2D eigenvalue weighted by molar-refractivity contribution is 0.0947. The molecule has 2 aromatic rings. The van der Waals surface area contributed by atoms with Gasteiger partial charge in [0, 0.05) is 42.9 Å². The van der Waals surface area contributed by atoms with Gasteiger partial charge in [-0.2, -0.15) is 5.10 Å². The number of hydrogen-bond donors (Lipinski definition) is 4. The number of H-pyrrole nitrogens is 1. The molecule has 1 aliphatic heterocycles. The molecule has 0 radical (unpaired) electrons. The topological polar surface area (TPSA) is 130 Å². The third-order valence-corrected chi connectivity index (χ3v) is 5.13. The van der Waals surface area contributed by atoms with Crippen LogP contribution in [0.5, 0.6) is 5.75 Å². The molecule has 0 saturated heterocycles. The molecule has 0 unspecified atom stereocenters. The third kappa shape index (κ3) is 4.58. The zero-order valence-electron chi connectivity index (χ0n) is 16.2. The average Bonchev–Trinajstić information content (AvgIpc) is 3.36. The lowest BCUT2D eigenvalue weighted by Gasteiger charge is -2.13. The molecule has 4 N–H and O–H groups in total. The van der Waals surface area contributed by atoms with Crippen LogP contribution in [-0.2, 0) is 4.74 Å². The number of pyridine rings is 1. The van der Waals surface area contributed by atoms with E-state index in [1.165, 1.54) is 7.11 Å². The summed E-state index contributed by atoms with van der Waals surface area (Å²) in [4.78, 5) is 28.8. The monoisotopic (exact) mass is 400 g/mol. The Kier molecular flexibility index (Phi) is 5.50. The largest absolute Gasteiger partial charge is 0.497 e. The highest BCUT2D eigenvalue weighted by Gasteiger charge is 2.30. The molecule has 4 rings (SSSR count). The Labute approximate surface area is 167 Å². The summed E-state index contributed by atoms with van der Waals surface area (Å²) in [5, 5.41) is 16.0. The van der Waals surface area contributed by atoms with Crippen molar-refractivity contribution in [1.29, 1.82) is 0 Å². The maximum absolute atomic E-state index is 12.4. The number of anilines is 2. The second-order valence-corrected chi connectivity index (χ2v) is 7.18. The van der Waals surface area contributed by atoms with Crippen molar-refractivity contribution < 1.29 is 19.1 Å². The molecular formula is C19H24N6O4. The first-order valence-electron chi connectivity index (χ1n) is 9.72. The van der Waals surface area contributed by atoms with Gasteiger partial charge in [-0.3, -0.25) is 9.89 Å². The first kappa shape index (κ1) is 19.0. The van der Waals surface area contributed by atoms with Gasteiger partial charge in [0.15, 0.2) is 5.82 Å². The van der Waals surface area contributed by atoms with Gasteiger partial charge in [0.1, 0.15) is 23.4 Å². The van der Waals surface area contributed by atoms with Crippen LogP contribution < -0.4 is 20.7 Å². The molecule has 6 bridgehead atoms. The highest BCUT2D eigenvalue weighted by Crippen LogP contribution is 2.36. The van der Waals surface area contributed by atoms with E-state index in [9.17, 15) is 9.59 Å². The van der Waals surface area contributed by atoms with Gasteiger partial charge in [-0.25, -0.2) is 9.78 Å². The fraction of sp³-hybridized carbons (Fsp3) is 0.474. The fourth-order valence-electron chi connectivity index (χ4n) is 3.64. The number of amides is 2. The standard InChI is InChI=1S/C19H24N6O4/c1-28-13-8-15-18(26)20-5-2-6-21-19(27)29-12-4-3-11(7-12)14-10-17(25-24-14)23-16(9-13)22-15/h8-12H,2-7H2,1H3,(H,20,26)(H,21,27)(H2,22,23,24,25)/t11-,12+/m0/s1. The number of nitrogens with one attached hydrogen (secondary N) is 4. The maximum Gasteiger partial charge on any atom is 0.407 e. The highest BCUT2D eigenvalue weighted by molar-refractivity contribution is 5.93. The summed E-state index contributed by atoms with van der Waals surface area (Å²) >= 11 is 0. The Morgan fingerprint density at radius 2 is 1.97 bits per heavy atom. The number of aromatic amines is 1. The number of aromatic nitrogens is 3. The molecule has 2 amide bonds. The van der Waals surface area contributed by atoms with Crippen molar-refractivity contribution in [2.24, 2.45) is 0 Å². The Bertz CT molecular complexity index is 899. The van der Waals surface area contributed by atoms with E-state index in [4.69, 9.17) is 9.47 Å². The van der Waals surface area contributed by atoms with E-state index in [1.54, 1.807) is 12.1 Å². The minimum Gasteiger partial charge on any atom is -0.497 e. The number of methoxy groups -OCH3 is 1. The van der Waals surface area contributed by atoms with Crippen LogP contribution in [-0.4, -0.2) is 53.5 Å². The average molecular weight is 400 g/mol. The van der Waals surface area contributed by atoms with Crippen LogP contribution in [0.1, 0.15) is 47.8 Å². The molecule has 3 heterocycles. The van der Waals surface area contributed by atoms with E-state index in [0.29, 0.717) is 36.9 Å². The molecule has 2 atom stereocenters. The summed E-state index contributed by atoms with van der Waals surface area (Å²) in [6, 6.07) is 5.19. The number of carbonyl (C=O) groups is 2. The van der Waals surface area contributed by atoms with Gasteiger partial charge >= 0.3 is 6.09 Å². The summed E-state index contributed by atoms with van der Waals surface area (Å²) in [6.45, 7) is 0.812. The van der Waals surface area contributed by atoms with Gasteiger partial charge in [-0.1, -0.05) is 0 Å². The number of hydrogen-bond acceptors (Lipinski definition) is 7. The minimum absolute atomic E-state index is 0.110. The summed E-state index contributed by atoms with van der Waals surface area (Å²) < 4.78 is 10.8. The molecule has 1 saturated carbocycles. The van der Waals surface area contributed by atoms with Crippen molar-refractivity contribution in [2.75, 3.05) is 25.5 Å². The molecule has 1 aliphatic carbocycles. The minimum atomic E-state index is -0.422. The number of nitrogens with zero attached hydrogens (tertiary/aromatic N) is 2. The van der Waals surface area contributed by atoms with Crippen LogP contribution in [0.4, 0.5) is 16.4 Å². The van der Waals surface area contributed by atoms with Crippen LogP contribution in [0.15, 0.2) is 18.2 Å². The van der Waals surface area contributed by atoms with Crippen molar-refractivity contribution in [1.82, 2.24) is 25.8 Å². The second kappa shape index (κ2) is 8.38. The van der Waals surface area contributed by atoms with E-state index in [-0.39, 0.29) is 23.6 Å². The molecule has 1 fully saturated rings. The Hall–Kier alpha value is -3.30. The Morgan fingerprint density at radius 3 is 2.83 bits per heavy atom. The first-order valence-corrected chi connectivity index (χ1v) is 9.72. The van der Waals surface area contributed by atoms with Gasteiger partial charge in [-0.15, -0.1) is 0 Å². The zero-order valence-corrected chi connectivity index (χ0v) is 16.2. The zero-order chi connectivity index (χ0) is 20.2. The molecule has 154 valence electrons. The second-order valence-electron chi connectivity index (χ2n) is 7.18. The van der Waals surface area contributed by atoms with Crippen molar-refractivity contribution in [3.8, 4) is 5.75 Å². The van der Waals surface area contributed by atoms with Crippen LogP contribution in [0.2, 0.25) is 0 Å². The molecule has 2 aliphatic rings. The Morgan fingerprint density at radius 1 is 1.10 bits per heavy atom. The third-order valence-electron chi connectivity index (χ3n) is 5.13. The number of carbonyl (C=O) groups excluding carboxylic acids is 2. The lowest BCUT2D eigenvalue weighted by Crippen LogP contribution is -2.32. The van der Waals surface area contributed by atoms with E-state index < -0.39 is 6.09 Å². The molecule has 2 aromatic heterocycles. The number of rotatable bonds is 1. The van der Waals surface area contributed by atoms with Crippen molar-refractivity contribution >= 4 is 23.6 Å². The van der Waals surface area contributed by atoms with Crippen molar-refractivity contribution in [3.05, 3.63) is 29.6 Å². The molecule has 29 heavy (non-hydrogen) atoms. The quantitative estimate of drug-likeness (QED) is 0.576. The molecule has 0 aromatic carbocycles. The van der Waals surface area contributed by atoms with Gasteiger partial charge < -0.3 is 25.4 Å². The van der Waals surface area contributed by atoms with Gasteiger partial charge in [0.25, 0.3) is 5.91 Å². The smallest absolute Gasteiger partial charge is 0.407 e. The summed E-state index contributed by atoms with van der Waals surface area (Å²) in [5.41, 5.74) is 1.20. The van der Waals surface area contributed by atoms with Crippen molar-refractivity contribution in [2.45, 2.75) is 37.7 Å². The van der Waals surface area contributed by atoms with Crippen LogP contribution in [0.3, 0.4) is 0 Å².